The Morgan fingerprint density at radius 3 is 2.03 bits per heavy atom. The molecule has 0 aliphatic carbocycles. The van der Waals surface area contributed by atoms with Crippen molar-refractivity contribution < 1.29 is 23.4 Å². The summed E-state index contributed by atoms with van der Waals surface area (Å²) in [5.41, 5.74) is 7.35. The maximum absolute atomic E-state index is 12.1. The van der Waals surface area contributed by atoms with Crippen LogP contribution in [0.3, 0.4) is 0 Å². The minimum absolute atomic E-state index is 0.0642. The maximum atomic E-state index is 12.1. The first-order valence-corrected chi connectivity index (χ1v) is 9.79. The van der Waals surface area contributed by atoms with Gasteiger partial charge in [0.15, 0.2) is 0 Å². The highest BCUT2D eigenvalue weighted by atomic mass is 32.2. The number of carboxylic acid groups (broad SMARTS) is 1. The number of hydrogen-bond donors (Lipinski definition) is 4. The summed E-state index contributed by atoms with van der Waals surface area (Å²) in [6.07, 6.45) is 0. The molecule has 3 aromatic rings. The lowest BCUT2D eigenvalue weighted by Crippen LogP contribution is -2.15. The van der Waals surface area contributed by atoms with Crippen LogP contribution >= 0.6 is 0 Å². The van der Waals surface area contributed by atoms with Gasteiger partial charge in [-0.05, 0) is 56.3 Å². The monoisotopic (exact) mass is 416 g/mol. The Labute approximate surface area is 167 Å². The second-order valence-electron chi connectivity index (χ2n) is 5.97. The second kappa shape index (κ2) is 9.02. The van der Waals surface area contributed by atoms with Crippen molar-refractivity contribution in [3.05, 3.63) is 71.5 Å². The molecule has 5 N–H and O–H groups in total. The van der Waals surface area contributed by atoms with Gasteiger partial charge in [-0.15, -0.1) is 0 Å². The van der Waals surface area contributed by atoms with Gasteiger partial charge in [0.2, 0.25) is 5.95 Å². The molecule has 0 saturated carbocycles. The molecule has 3 rings (SSSR count). The van der Waals surface area contributed by atoms with Crippen LogP contribution in [0.2, 0.25) is 0 Å². The summed E-state index contributed by atoms with van der Waals surface area (Å²) in [6.45, 7) is 3.55. The van der Waals surface area contributed by atoms with Gasteiger partial charge in [-0.3, -0.25) is 0 Å². The molecule has 0 radical (unpaired) electrons. The Balaban J connectivity index is 0.000000253. The van der Waals surface area contributed by atoms with Crippen LogP contribution in [0, 0.1) is 13.8 Å². The fourth-order valence-corrected chi connectivity index (χ4v) is 3.20. The van der Waals surface area contributed by atoms with Crippen LogP contribution < -0.4 is 10.5 Å². The fourth-order valence-electron chi connectivity index (χ4n) is 2.25. The van der Waals surface area contributed by atoms with E-state index in [4.69, 9.17) is 15.9 Å². The number of nitrogens with two attached hydrogens (primary N) is 1. The number of rotatable bonds is 4. The van der Waals surface area contributed by atoms with E-state index in [1.165, 1.54) is 36.4 Å². The van der Waals surface area contributed by atoms with E-state index in [0.717, 1.165) is 0 Å². The minimum Gasteiger partial charge on any atom is -0.507 e. The lowest BCUT2D eigenvalue weighted by molar-refractivity contribution is 0.0693. The summed E-state index contributed by atoms with van der Waals surface area (Å²) >= 11 is 0. The molecule has 0 amide bonds. The summed E-state index contributed by atoms with van der Waals surface area (Å²) in [7, 11) is -3.69. The van der Waals surface area contributed by atoms with E-state index in [-0.39, 0.29) is 22.2 Å². The Morgan fingerprint density at radius 1 is 1.00 bits per heavy atom. The molecular formula is C19H20N4O5S. The van der Waals surface area contributed by atoms with Crippen molar-refractivity contribution in [3.63, 3.8) is 0 Å². The van der Waals surface area contributed by atoms with E-state index in [0.29, 0.717) is 17.1 Å². The normalized spacial score (nSPS) is 10.6. The number of hydrogen-bond acceptors (Lipinski definition) is 7. The SMILES string of the molecule is Cc1cc(C)nc(NS(=O)(=O)c2ccc(N)cc2)n1.O=C(O)c1ccccc1O. The van der Waals surface area contributed by atoms with Crippen molar-refractivity contribution >= 4 is 27.6 Å². The van der Waals surface area contributed by atoms with E-state index >= 15 is 0 Å². The third-order valence-electron chi connectivity index (χ3n) is 3.53. The molecule has 0 bridgehead atoms. The van der Waals surface area contributed by atoms with Crippen molar-refractivity contribution in [3.8, 4) is 5.75 Å². The smallest absolute Gasteiger partial charge is 0.339 e. The number of phenols is 1. The van der Waals surface area contributed by atoms with Gasteiger partial charge in [-0.25, -0.2) is 27.9 Å². The quantitative estimate of drug-likeness (QED) is 0.473. The Hall–Kier alpha value is -3.66. The summed E-state index contributed by atoms with van der Waals surface area (Å²) in [4.78, 5) is 18.4. The maximum Gasteiger partial charge on any atom is 0.339 e. The van der Waals surface area contributed by atoms with E-state index in [9.17, 15) is 13.2 Å². The molecule has 0 spiro atoms. The van der Waals surface area contributed by atoms with Gasteiger partial charge < -0.3 is 15.9 Å². The number of sulfonamides is 1. The van der Waals surface area contributed by atoms with E-state index in [1.807, 2.05) is 0 Å². The summed E-state index contributed by atoms with van der Waals surface area (Å²) in [6, 6.07) is 13.5. The number of carbonyl (C=O) groups is 1. The topological polar surface area (TPSA) is 155 Å². The van der Waals surface area contributed by atoms with Gasteiger partial charge in [0, 0.05) is 17.1 Å². The van der Waals surface area contributed by atoms with Gasteiger partial charge in [0.1, 0.15) is 11.3 Å². The Morgan fingerprint density at radius 2 is 1.55 bits per heavy atom. The average molecular weight is 416 g/mol. The summed E-state index contributed by atoms with van der Waals surface area (Å²) in [5, 5.41) is 17.3. The van der Waals surface area contributed by atoms with E-state index in [1.54, 1.807) is 32.0 Å². The highest BCUT2D eigenvalue weighted by molar-refractivity contribution is 7.92. The molecule has 0 saturated heterocycles. The number of para-hydroxylation sites is 1. The number of aromatic nitrogens is 2. The first-order chi connectivity index (χ1) is 13.6. The highest BCUT2D eigenvalue weighted by Gasteiger charge is 2.15. The zero-order valence-corrected chi connectivity index (χ0v) is 16.5. The number of benzene rings is 2. The second-order valence-corrected chi connectivity index (χ2v) is 7.65. The molecule has 0 aliphatic rings. The number of anilines is 2. The van der Waals surface area contributed by atoms with Gasteiger partial charge >= 0.3 is 5.97 Å². The van der Waals surface area contributed by atoms with Gasteiger partial charge in [0.05, 0.1) is 4.90 Å². The third-order valence-corrected chi connectivity index (χ3v) is 4.88. The largest absolute Gasteiger partial charge is 0.507 e. The lowest BCUT2D eigenvalue weighted by Gasteiger charge is -2.08. The average Bonchev–Trinajstić information content (AvgIpc) is 2.61. The van der Waals surface area contributed by atoms with Crippen LogP contribution in [0.1, 0.15) is 21.7 Å². The molecular weight excluding hydrogens is 396 g/mol. The van der Waals surface area contributed by atoms with Crippen molar-refractivity contribution in [1.29, 1.82) is 0 Å². The van der Waals surface area contributed by atoms with E-state index in [2.05, 4.69) is 14.7 Å². The third kappa shape index (κ3) is 6.18. The predicted molar refractivity (Wildman–Crippen MR) is 108 cm³/mol. The number of carboxylic acids is 1. The fraction of sp³-hybridized carbons (Fsp3) is 0.105. The zero-order chi connectivity index (χ0) is 21.6. The number of aromatic hydroxyl groups is 1. The molecule has 1 heterocycles. The van der Waals surface area contributed by atoms with Crippen LogP contribution in [-0.4, -0.2) is 34.6 Å². The van der Waals surface area contributed by atoms with Crippen LogP contribution in [0.4, 0.5) is 11.6 Å². The highest BCUT2D eigenvalue weighted by Crippen LogP contribution is 2.16. The van der Waals surface area contributed by atoms with E-state index < -0.39 is 16.0 Å². The standard InChI is InChI=1S/C12H14N4O2S.C7H6O3/c1-8-7-9(2)15-12(14-8)16-19(17,18)11-5-3-10(13)4-6-11;8-6-4-2-1-3-5(6)7(9)10/h3-7H,13H2,1-2H3,(H,14,15,16);1-4,8H,(H,9,10). The van der Waals surface area contributed by atoms with Crippen LogP contribution in [0.5, 0.6) is 5.75 Å². The number of nitrogens with one attached hydrogen (secondary N) is 1. The minimum atomic E-state index is -3.69. The molecule has 9 nitrogen and oxygen atoms in total. The first kappa shape index (κ1) is 21.6. The molecule has 0 fully saturated rings. The van der Waals surface area contributed by atoms with Gasteiger partial charge in [-0.1, -0.05) is 12.1 Å². The summed E-state index contributed by atoms with van der Waals surface area (Å²) < 4.78 is 26.6. The van der Waals surface area contributed by atoms with Gasteiger partial charge in [0.25, 0.3) is 10.0 Å². The van der Waals surface area contributed by atoms with Crippen molar-refractivity contribution in [2.45, 2.75) is 18.7 Å². The molecule has 1 aromatic heterocycles. The number of nitrogens with zero attached hydrogens (tertiary/aromatic N) is 2. The Kier molecular flexibility index (Phi) is 6.73. The molecule has 0 unspecified atom stereocenters. The van der Waals surface area contributed by atoms with Crippen LogP contribution in [0.25, 0.3) is 0 Å². The van der Waals surface area contributed by atoms with Crippen molar-refractivity contribution in [1.82, 2.24) is 9.97 Å². The first-order valence-electron chi connectivity index (χ1n) is 8.30. The molecule has 29 heavy (non-hydrogen) atoms. The molecule has 152 valence electrons. The van der Waals surface area contributed by atoms with Crippen molar-refractivity contribution in [2.24, 2.45) is 0 Å². The van der Waals surface area contributed by atoms with Crippen molar-refractivity contribution in [2.75, 3.05) is 10.5 Å². The number of nitrogen functional groups attached to an aromatic ring is 1. The summed E-state index contributed by atoms with van der Waals surface area (Å²) in [5.74, 6) is -1.25. The lowest BCUT2D eigenvalue weighted by atomic mass is 10.2. The zero-order valence-electron chi connectivity index (χ0n) is 15.7. The predicted octanol–water partition coefficient (Wildman–Crippen LogP) is 2.57. The van der Waals surface area contributed by atoms with Gasteiger partial charge in [-0.2, -0.15) is 0 Å². The molecule has 10 heteroatoms. The Bertz CT molecular complexity index is 1100. The molecule has 0 aliphatic heterocycles. The number of aromatic carboxylic acids is 1. The molecule has 0 atom stereocenters. The van der Waals surface area contributed by atoms with Crippen LogP contribution in [-0.2, 0) is 10.0 Å². The number of aryl methyl sites for hydroxylation is 2. The molecule has 2 aromatic carbocycles. The van der Waals surface area contributed by atoms with Crippen LogP contribution in [0.15, 0.2) is 59.5 Å².